The highest BCUT2D eigenvalue weighted by Crippen LogP contribution is 2.45. The molecule has 0 unspecified atom stereocenters. The molecule has 2 aromatic heterocycles. The van der Waals surface area contributed by atoms with Crippen molar-refractivity contribution in [3.05, 3.63) is 70.4 Å². The molecule has 5 aromatic rings. The van der Waals surface area contributed by atoms with Crippen LogP contribution in [0.5, 0.6) is 0 Å². The predicted octanol–water partition coefficient (Wildman–Crippen LogP) is 7.98. The van der Waals surface area contributed by atoms with Crippen molar-refractivity contribution in [1.29, 1.82) is 0 Å². The Labute approximate surface area is 261 Å². The van der Waals surface area contributed by atoms with Gasteiger partial charge in [0.1, 0.15) is 5.01 Å². The molecular weight excluding hydrogens is 580 g/mol. The molecule has 43 heavy (non-hydrogen) atoms. The molecule has 2 atom stereocenters. The first kappa shape index (κ1) is 29.8. The molecule has 3 aromatic carbocycles. The van der Waals surface area contributed by atoms with Gasteiger partial charge in [0, 0.05) is 46.6 Å². The van der Waals surface area contributed by atoms with E-state index in [0.29, 0.717) is 10.9 Å². The Hall–Kier alpha value is -3.30. The molecule has 6 rings (SSSR count). The van der Waals surface area contributed by atoms with Gasteiger partial charge in [-0.05, 0) is 95.1 Å². The van der Waals surface area contributed by atoms with Gasteiger partial charge < -0.3 is 14.8 Å². The van der Waals surface area contributed by atoms with Crippen LogP contribution in [-0.4, -0.2) is 46.0 Å². The zero-order valence-electron chi connectivity index (χ0n) is 25.5. The number of benzene rings is 3. The van der Waals surface area contributed by atoms with Crippen LogP contribution in [0.25, 0.3) is 42.8 Å². The standard InChI is InChI=1S/C34H37ClN4O3S/c1-7-41-33(40)30(42-34(3,4)5)27-19(2)16-25-31(28(27)20-8-11-23(35)12-9-20)43-32(37-25)21-10-13-26-24(17-21)29(38-39(26)6)22-14-15-36-18-22/h8-13,16-17,22,30,36H,7,14-15,18H2,1-6H3/t22-,30+/m1/s1. The number of fused-ring (bicyclic) bond motifs is 2. The van der Waals surface area contributed by atoms with E-state index >= 15 is 0 Å². The molecule has 9 heteroatoms. The fourth-order valence-corrected chi connectivity index (χ4v) is 7.23. The topological polar surface area (TPSA) is 78.3 Å². The van der Waals surface area contributed by atoms with Crippen LogP contribution in [0.4, 0.5) is 0 Å². The molecule has 1 aliphatic rings. The van der Waals surface area contributed by atoms with Crippen molar-refractivity contribution in [3.8, 4) is 21.7 Å². The maximum Gasteiger partial charge on any atom is 0.339 e. The van der Waals surface area contributed by atoms with Crippen LogP contribution in [0.2, 0.25) is 5.02 Å². The molecule has 1 N–H and O–H groups in total. The van der Waals surface area contributed by atoms with E-state index in [0.717, 1.165) is 73.8 Å². The van der Waals surface area contributed by atoms with E-state index in [1.807, 2.05) is 70.6 Å². The highest BCUT2D eigenvalue weighted by molar-refractivity contribution is 7.22. The summed E-state index contributed by atoms with van der Waals surface area (Å²) in [6, 6.07) is 16.3. The number of ether oxygens (including phenoxy) is 2. The molecule has 0 radical (unpaired) electrons. The number of hydrogen-bond acceptors (Lipinski definition) is 7. The Morgan fingerprint density at radius 3 is 2.58 bits per heavy atom. The Morgan fingerprint density at radius 1 is 1.16 bits per heavy atom. The lowest BCUT2D eigenvalue weighted by atomic mass is 9.91. The number of aromatic nitrogens is 3. The lowest BCUT2D eigenvalue weighted by Gasteiger charge is -2.29. The fraction of sp³-hybridized carbons (Fsp3) is 0.382. The van der Waals surface area contributed by atoms with Crippen LogP contribution in [0.1, 0.15) is 63.0 Å². The number of carbonyl (C=O) groups is 1. The van der Waals surface area contributed by atoms with Crippen LogP contribution < -0.4 is 5.32 Å². The van der Waals surface area contributed by atoms with Crippen molar-refractivity contribution in [2.75, 3.05) is 19.7 Å². The first-order chi connectivity index (χ1) is 20.5. The smallest absolute Gasteiger partial charge is 0.339 e. The van der Waals surface area contributed by atoms with Gasteiger partial charge in [-0.3, -0.25) is 4.68 Å². The summed E-state index contributed by atoms with van der Waals surface area (Å²) in [5, 5.41) is 11.1. The predicted molar refractivity (Wildman–Crippen MR) is 175 cm³/mol. The average molecular weight is 617 g/mol. The van der Waals surface area contributed by atoms with Crippen molar-refractivity contribution >= 4 is 50.0 Å². The second kappa shape index (κ2) is 11.7. The Bertz CT molecular complexity index is 1810. The summed E-state index contributed by atoms with van der Waals surface area (Å²) in [5.74, 6) is -0.00514. The largest absolute Gasteiger partial charge is 0.464 e. The molecule has 1 aliphatic heterocycles. The van der Waals surface area contributed by atoms with Crippen molar-refractivity contribution in [1.82, 2.24) is 20.1 Å². The summed E-state index contributed by atoms with van der Waals surface area (Å²) in [6.07, 6.45) is 0.178. The summed E-state index contributed by atoms with van der Waals surface area (Å²) in [4.78, 5) is 18.6. The van der Waals surface area contributed by atoms with Gasteiger partial charge in [0.2, 0.25) is 0 Å². The van der Waals surface area contributed by atoms with Crippen molar-refractivity contribution in [2.45, 2.75) is 58.7 Å². The fourth-order valence-electron chi connectivity index (χ4n) is 5.99. The number of aryl methyl sites for hydroxylation is 2. The molecule has 7 nitrogen and oxygen atoms in total. The minimum Gasteiger partial charge on any atom is -0.464 e. The minimum atomic E-state index is -0.907. The number of thiazole rings is 1. The summed E-state index contributed by atoms with van der Waals surface area (Å²) in [7, 11) is 2.01. The van der Waals surface area contributed by atoms with Gasteiger partial charge in [-0.25, -0.2) is 9.78 Å². The van der Waals surface area contributed by atoms with E-state index in [1.54, 1.807) is 11.3 Å². The second-order valence-corrected chi connectivity index (χ2v) is 13.6. The maximum absolute atomic E-state index is 13.4. The number of carbonyl (C=O) groups excluding carboxylic acids is 1. The molecule has 0 bridgehead atoms. The normalized spacial score (nSPS) is 16.3. The first-order valence-electron chi connectivity index (χ1n) is 14.8. The first-order valence-corrected chi connectivity index (χ1v) is 16.0. The lowest BCUT2D eigenvalue weighted by Crippen LogP contribution is -2.29. The van der Waals surface area contributed by atoms with Gasteiger partial charge >= 0.3 is 5.97 Å². The van der Waals surface area contributed by atoms with Gasteiger partial charge in [-0.15, -0.1) is 11.3 Å². The Balaban J connectivity index is 1.57. The number of esters is 1. The number of nitrogens with zero attached hydrogens (tertiary/aromatic N) is 3. The third kappa shape index (κ3) is 5.81. The maximum atomic E-state index is 13.4. The van der Waals surface area contributed by atoms with Gasteiger partial charge in [0.25, 0.3) is 0 Å². The molecule has 0 amide bonds. The van der Waals surface area contributed by atoms with E-state index in [9.17, 15) is 4.79 Å². The average Bonchev–Trinajstić information content (AvgIpc) is 3.70. The summed E-state index contributed by atoms with van der Waals surface area (Å²) >= 11 is 7.93. The van der Waals surface area contributed by atoms with E-state index in [1.165, 1.54) is 5.39 Å². The second-order valence-electron chi connectivity index (χ2n) is 12.1. The van der Waals surface area contributed by atoms with Gasteiger partial charge in [0.05, 0.1) is 33.6 Å². The Kier molecular flexibility index (Phi) is 8.07. The zero-order valence-corrected chi connectivity index (χ0v) is 27.0. The quantitative estimate of drug-likeness (QED) is 0.187. The van der Waals surface area contributed by atoms with E-state index < -0.39 is 17.7 Å². The molecule has 0 saturated carbocycles. The van der Waals surface area contributed by atoms with Crippen LogP contribution >= 0.6 is 22.9 Å². The monoisotopic (exact) mass is 616 g/mol. The highest BCUT2D eigenvalue weighted by Gasteiger charge is 2.33. The SMILES string of the molecule is CCOC(=O)[C@@H](OC(C)(C)C)c1c(C)cc2nc(-c3ccc4c(c3)c([C@@H]3CCNC3)nn4C)sc2c1-c1ccc(Cl)cc1. The lowest BCUT2D eigenvalue weighted by molar-refractivity contribution is -0.166. The van der Waals surface area contributed by atoms with E-state index in [4.69, 9.17) is 31.2 Å². The molecular formula is C34H37ClN4O3S. The third-order valence-corrected chi connectivity index (χ3v) is 9.26. The van der Waals surface area contributed by atoms with Crippen molar-refractivity contribution in [2.24, 2.45) is 7.05 Å². The summed E-state index contributed by atoms with van der Waals surface area (Å²) in [6.45, 7) is 11.9. The highest BCUT2D eigenvalue weighted by atomic mass is 35.5. The third-order valence-electron chi connectivity index (χ3n) is 7.87. The Morgan fingerprint density at radius 2 is 1.91 bits per heavy atom. The van der Waals surface area contributed by atoms with Gasteiger partial charge in [-0.1, -0.05) is 23.7 Å². The molecule has 3 heterocycles. The van der Waals surface area contributed by atoms with Crippen molar-refractivity contribution in [3.63, 3.8) is 0 Å². The minimum absolute atomic E-state index is 0.265. The van der Waals surface area contributed by atoms with Crippen LogP contribution in [0.3, 0.4) is 0 Å². The molecule has 1 fully saturated rings. The van der Waals surface area contributed by atoms with E-state index in [2.05, 4.69) is 29.6 Å². The van der Waals surface area contributed by atoms with E-state index in [-0.39, 0.29) is 6.61 Å². The number of halogens is 1. The van der Waals surface area contributed by atoms with Gasteiger partial charge in [0.15, 0.2) is 6.10 Å². The summed E-state index contributed by atoms with van der Waals surface area (Å²) < 4.78 is 14.9. The van der Waals surface area contributed by atoms with Crippen LogP contribution in [0.15, 0.2) is 48.5 Å². The molecule has 1 saturated heterocycles. The number of nitrogens with one attached hydrogen (secondary N) is 1. The van der Waals surface area contributed by atoms with Gasteiger partial charge in [-0.2, -0.15) is 5.10 Å². The van der Waals surface area contributed by atoms with Crippen molar-refractivity contribution < 1.29 is 14.3 Å². The molecule has 0 aliphatic carbocycles. The zero-order chi connectivity index (χ0) is 30.5. The number of rotatable bonds is 7. The molecule has 0 spiro atoms. The molecule has 224 valence electrons. The summed E-state index contributed by atoms with van der Waals surface area (Å²) in [5.41, 5.74) is 7.14. The number of hydrogen-bond donors (Lipinski definition) is 1. The van der Waals surface area contributed by atoms with Crippen LogP contribution in [-0.2, 0) is 21.3 Å². The van der Waals surface area contributed by atoms with Crippen LogP contribution in [0, 0.1) is 6.92 Å².